The Labute approximate surface area is 140 Å². The van der Waals surface area contributed by atoms with Crippen molar-refractivity contribution in [3.8, 4) is 0 Å². The van der Waals surface area contributed by atoms with Crippen LogP contribution in [0.15, 0.2) is 18.2 Å². The topological polar surface area (TPSA) is 29.5 Å². The molecule has 1 spiro atoms. The van der Waals surface area contributed by atoms with E-state index in [4.69, 9.17) is 6.11 Å². The first-order chi connectivity index (χ1) is 11.6. The van der Waals surface area contributed by atoms with Crippen LogP contribution in [0.4, 0.5) is 0 Å². The second-order valence-corrected chi connectivity index (χ2v) is 7.73. The zero-order chi connectivity index (χ0) is 16.7. The molecule has 1 aliphatic heterocycles. The number of rotatable bonds is 2. The molecule has 0 amide bonds. The maximum atomic E-state index is 11.8. The van der Waals surface area contributed by atoms with Gasteiger partial charge in [-0.15, -0.1) is 0 Å². The summed E-state index contributed by atoms with van der Waals surface area (Å²) < 4.78 is 12.9. The second-order valence-electron chi connectivity index (χ2n) is 7.73. The summed E-state index contributed by atoms with van der Waals surface area (Å²) in [4.78, 5) is 14.4. The summed E-state index contributed by atoms with van der Waals surface area (Å²) in [7, 11) is 1.38. The fourth-order valence-electron chi connectivity index (χ4n) is 4.96. The van der Waals surface area contributed by atoms with Gasteiger partial charge >= 0.3 is 5.97 Å². The Hall–Kier alpha value is -1.35. The normalized spacial score (nSPS) is 24.7. The molecular weight excluding hydrogens is 286 g/mol. The van der Waals surface area contributed by atoms with Gasteiger partial charge in [0.1, 0.15) is 0 Å². The predicted molar refractivity (Wildman–Crippen MR) is 90.4 cm³/mol. The van der Waals surface area contributed by atoms with E-state index < -0.39 is 5.97 Å². The molecule has 2 aliphatic carbocycles. The molecule has 0 aromatic heterocycles. The Morgan fingerprint density at radius 3 is 2.83 bits per heavy atom. The average Bonchev–Trinajstić information content (AvgIpc) is 2.58. The summed E-state index contributed by atoms with van der Waals surface area (Å²) in [5, 5.41) is 0. The maximum Gasteiger partial charge on any atom is 0.337 e. The van der Waals surface area contributed by atoms with Gasteiger partial charge in [0.25, 0.3) is 0 Å². The molecule has 0 saturated heterocycles. The van der Waals surface area contributed by atoms with Crippen molar-refractivity contribution in [2.45, 2.75) is 64.0 Å². The molecule has 1 heterocycles. The van der Waals surface area contributed by atoms with Crippen LogP contribution in [0.5, 0.6) is 0 Å². The standard InChI is InChI=1S/C20H27NO2/c1-23-19(22)16-5-6-17-14-21(10-7-15(17)11-16)18-12-20(13-18)8-3-2-4-9-20/h5-6,11,18H,2-4,7-10,12-14H2,1H3/i5D. The van der Waals surface area contributed by atoms with Crippen LogP contribution in [0.1, 0.15) is 67.8 Å². The van der Waals surface area contributed by atoms with E-state index in [0.29, 0.717) is 17.0 Å². The first kappa shape index (κ1) is 14.0. The van der Waals surface area contributed by atoms with Crippen LogP contribution in [0.25, 0.3) is 0 Å². The van der Waals surface area contributed by atoms with Crippen LogP contribution in [-0.4, -0.2) is 30.6 Å². The lowest BCUT2D eigenvalue weighted by Crippen LogP contribution is -2.52. The van der Waals surface area contributed by atoms with Crippen molar-refractivity contribution in [1.82, 2.24) is 4.90 Å². The van der Waals surface area contributed by atoms with Gasteiger partial charge in [-0.25, -0.2) is 4.79 Å². The quantitative estimate of drug-likeness (QED) is 0.774. The maximum absolute atomic E-state index is 11.8. The molecule has 0 bridgehead atoms. The van der Waals surface area contributed by atoms with E-state index >= 15 is 0 Å². The molecule has 124 valence electrons. The zero-order valence-electron chi connectivity index (χ0n) is 15.1. The Morgan fingerprint density at radius 2 is 2.09 bits per heavy atom. The summed E-state index contributed by atoms with van der Waals surface area (Å²) in [6.07, 6.45) is 10.9. The summed E-state index contributed by atoms with van der Waals surface area (Å²) in [5.41, 5.74) is 3.51. The highest BCUT2D eigenvalue weighted by atomic mass is 16.5. The number of benzene rings is 1. The number of methoxy groups -OCH3 is 1. The first-order valence-corrected chi connectivity index (χ1v) is 9.05. The SMILES string of the molecule is [2H]c1cc2c(cc1C(=O)OC)CCN(C1CC3(CCCCC3)C1)C2. The Bertz CT molecular complexity index is 643. The number of esters is 1. The molecule has 0 atom stereocenters. The van der Waals surface area contributed by atoms with Gasteiger partial charge in [-0.2, -0.15) is 0 Å². The fourth-order valence-corrected chi connectivity index (χ4v) is 4.96. The van der Waals surface area contributed by atoms with Crippen LogP contribution in [0, 0.1) is 5.41 Å². The lowest BCUT2D eigenvalue weighted by Gasteiger charge is -2.54. The molecule has 3 heteroatoms. The minimum Gasteiger partial charge on any atom is -0.465 e. The first-order valence-electron chi connectivity index (χ1n) is 9.55. The monoisotopic (exact) mass is 314 g/mol. The van der Waals surface area contributed by atoms with Crippen molar-refractivity contribution < 1.29 is 10.9 Å². The molecule has 0 unspecified atom stereocenters. The van der Waals surface area contributed by atoms with Gasteiger partial charge in [0.15, 0.2) is 0 Å². The molecule has 2 saturated carbocycles. The van der Waals surface area contributed by atoms with Crippen molar-refractivity contribution in [2.75, 3.05) is 13.7 Å². The third-order valence-corrected chi connectivity index (χ3v) is 6.35. The third-order valence-electron chi connectivity index (χ3n) is 6.35. The van der Waals surface area contributed by atoms with E-state index in [2.05, 4.69) is 4.90 Å². The molecule has 1 aromatic rings. The number of carbonyl (C=O) groups excluding carboxylic acids is 1. The van der Waals surface area contributed by atoms with E-state index in [-0.39, 0.29) is 0 Å². The number of hydrogen-bond donors (Lipinski definition) is 0. The van der Waals surface area contributed by atoms with Gasteiger partial charge in [0.2, 0.25) is 0 Å². The second kappa shape index (κ2) is 5.94. The van der Waals surface area contributed by atoms with Gasteiger partial charge in [-0.05, 0) is 60.8 Å². The van der Waals surface area contributed by atoms with Crippen molar-refractivity contribution >= 4 is 5.97 Å². The molecule has 2 fully saturated rings. The minimum atomic E-state index is -0.400. The molecule has 3 aliphatic rings. The Morgan fingerprint density at radius 1 is 1.30 bits per heavy atom. The summed E-state index contributed by atoms with van der Waals surface area (Å²) in [6, 6.07) is 4.78. The van der Waals surface area contributed by atoms with E-state index in [1.54, 1.807) is 0 Å². The molecule has 1 aromatic carbocycles. The summed E-state index contributed by atoms with van der Waals surface area (Å²) in [5.74, 6) is -0.400. The smallest absolute Gasteiger partial charge is 0.337 e. The van der Waals surface area contributed by atoms with Gasteiger partial charge in [-0.3, -0.25) is 4.90 Å². The van der Waals surface area contributed by atoms with Crippen molar-refractivity contribution in [2.24, 2.45) is 5.41 Å². The lowest BCUT2D eigenvalue weighted by atomic mass is 9.58. The van der Waals surface area contributed by atoms with E-state index in [9.17, 15) is 4.79 Å². The van der Waals surface area contributed by atoms with E-state index in [0.717, 1.165) is 25.6 Å². The summed E-state index contributed by atoms with van der Waals surface area (Å²) >= 11 is 0. The highest BCUT2D eigenvalue weighted by molar-refractivity contribution is 5.89. The van der Waals surface area contributed by atoms with Crippen LogP contribution in [0.2, 0.25) is 0 Å². The molecule has 0 N–H and O–H groups in total. The van der Waals surface area contributed by atoms with Gasteiger partial charge in [-0.1, -0.05) is 25.3 Å². The minimum absolute atomic E-state index is 0.291. The number of carbonyl (C=O) groups is 1. The average molecular weight is 314 g/mol. The molecular formula is C20H27NO2. The Kier molecular flexibility index (Phi) is 3.62. The predicted octanol–water partition coefficient (Wildman–Crippen LogP) is 3.94. The third kappa shape index (κ3) is 2.80. The van der Waals surface area contributed by atoms with Crippen LogP contribution in [0.3, 0.4) is 0 Å². The van der Waals surface area contributed by atoms with Crippen molar-refractivity contribution in [3.05, 3.63) is 34.9 Å². The lowest BCUT2D eigenvalue weighted by molar-refractivity contribution is -0.0307. The molecule has 4 rings (SSSR count). The van der Waals surface area contributed by atoms with Gasteiger partial charge in [0.05, 0.1) is 14.0 Å². The van der Waals surface area contributed by atoms with Crippen LogP contribution < -0.4 is 0 Å². The highest BCUT2D eigenvalue weighted by Crippen LogP contribution is 2.53. The molecule has 3 nitrogen and oxygen atoms in total. The van der Waals surface area contributed by atoms with Gasteiger partial charge in [0, 0.05) is 19.1 Å². The zero-order valence-corrected chi connectivity index (χ0v) is 14.1. The Balaban J connectivity index is 1.45. The largest absolute Gasteiger partial charge is 0.465 e. The number of hydrogen-bond acceptors (Lipinski definition) is 3. The van der Waals surface area contributed by atoms with Crippen molar-refractivity contribution in [1.29, 1.82) is 0 Å². The number of fused-ring (bicyclic) bond motifs is 1. The number of ether oxygens (including phenoxy) is 1. The molecule has 23 heavy (non-hydrogen) atoms. The van der Waals surface area contributed by atoms with Crippen LogP contribution >= 0.6 is 0 Å². The van der Waals surface area contributed by atoms with Crippen LogP contribution in [-0.2, 0) is 17.7 Å². The summed E-state index contributed by atoms with van der Waals surface area (Å²) in [6.45, 7) is 2.01. The highest BCUT2D eigenvalue weighted by Gasteiger charge is 2.46. The molecule has 0 radical (unpaired) electrons. The van der Waals surface area contributed by atoms with Gasteiger partial charge < -0.3 is 4.74 Å². The fraction of sp³-hybridized carbons (Fsp3) is 0.650. The van der Waals surface area contributed by atoms with E-state index in [1.165, 1.54) is 63.2 Å². The van der Waals surface area contributed by atoms with Crippen molar-refractivity contribution in [3.63, 3.8) is 0 Å². The van der Waals surface area contributed by atoms with E-state index in [1.807, 2.05) is 12.1 Å². The number of nitrogens with zero attached hydrogens (tertiary/aromatic N) is 1.